The van der Waals surface area contributed by atoms with Gasteiger partial charge in [-0.05, 0) is 42.8 Å². The fraction of sp³-hybridized carbons (Fsp3) is 0.190. The highest BCUT2D eigenvalue weighted by atomic mass is 19.1. The van der Waals surface area contributed by atoms with E-state index in [0.717, 1.165) is 12.1 Å². The van der Waals surface area contributed by atoms with Crippen molar-refractivity contribution < 1.29 is 14.0 Å². The van der Waals surface area contributed by atoms with E-state index >= 15 is 0 Å². The van der Waals surface area contributed by atoms with Crippen LogP contribution in [0.4, 0.5) is 4.39 Å². The molecule has 6 nitrogen and oxygen atoms in total. The van der Waals surface area contributed by atoms with Crippen LogP contribution in [0, 0.1) is 5.82 Å². The summed E-state index contributed by atoms with van der Waals surface area (Å²) in [5, 5.41) is 9.83. The van der Waals surface area contributed by atoms with Gasteiger partial charge >= 0.3 is 0 Å². The molecule has 1 aromatic heterocycles. The van der Waals surface area contributed by atoms with E-state index in [0.29, 0.717) is 23.4 Å². The summed E-state index contributed by atoms with van der Waals surface area (Å²) >= 11 is 0. The lowest BCUT2D eigenvalue weighted by atomic mass is 10.1. The van der Waals surface area contributed by atoms with E-state index in [1.54, 1.807) is 23.0 Å². The standard InChI is InChI=1S/C21H21FN4O2/c1-2-12-23-19(27)13-24-21(28)18-14-26(17-6-4-3-5-7-17)25-20(18)15-8-10-16(22)11-9-15/h3-11,14H,2,12-13H2,1H3,(H,23,27)(H,24,28). The van der Waals surface area contributed by atoms with Crippen molar-refractivity contribution >= 4 is 11.8 Å². The third-order valence-electron chi connectivity index (χ3n) is 4.08. The van der Waals surface area contributed by atoms with Crippen LogP contribution in [0.25, 0.3) is 16.9 Å². The molecule has 2 amide bonds. The number of rotatable bonds is 7. The second kappa shape index (κ2) is 8.94. The Kier molecular flexibility index (Phi) is 6.16. The highest BCUT2D eigenvalue weighted by molar-refractivity contribution is 6.01. The van der Waals surface area contributed by atoms with Crippen molar-refractivity contribution in [2.24, 2.45) is 0 Å². The second-order valence-electron chi connectivity index (χ2n) is 6.21. The quantitative estimate of drug-likeness (QED) is 0.662. The first-order valence-corrected chi connectivity index (χ1v) is 9.04. The van der Waals surface area contributed by atoms with Crippen LogP contribution >= 0.6 is 0 Å². The summed E-state index contributed by atoms with van der Waals surface area (Å²) in [4.78, 5) is 24.5. The molecular weight excluding hydrogens is 359 g/mol. The Morgan fingerprint density at radius 1 is 1.04 bits per heavy atom. The van der Waals surface area contributed by atoms with Gasteiger partial charge in [-0.1, -0.05) is 25.1 Å². The number of para-hydroxylation sites is 1. The van der Waals surface area contributed by atoms with Gasteiger partial charge in [0.15, 0.2) is 0 Å². The number of amides is 2. The van der Waals surface area contributed by atoms with Crippen molar-refractivity contribution in [3.8, 4) is 16.9 Å². The molecule has 0 spiro atoms. The minimum Gasteiger partial charge on any atom is -0.355 e. The highest BCUT2D eigenvalue weighted by Crippen LogP contribution is 2.24. The van der Waals surface area contributed by atoms with Crippen LogP contribution < -0.4 is 10.6 Å². The third-order valence-corrected chi connectivity index (χ3v) is 4.08. The van der Waals surface area contributed by atoms with E-state index in [1.807, 2.05) is 37.3 Å². The second-order valence-corrected chi connectivity index (χ2v) is 6.21. The average Bonchev–Trinajstić information content (AvgIpc) is 3.17. The summed E-state index contributed by atoms with van der Waals surface area (Å²) in [5.74, 6) is -1.05. The lowest BCUT2D eigenvalue weighted by Gasteiger charge is -2.06. The average molecular weight is 380 g/mol. The smallest absolute Gasteiger partial charge is 0.255 e. The van der Waals surface area contributed by atoms with Gasteiger partial charge in [0.1, 0.15) is 11.5 Å². The normalized spacial score (nSPS) is 10.5. The molecule has 28 heavy (non-hydrogen) atoms. The molecule has 0 aliphatic rings. The maximum Gasteiger partial charge on any atom is 0.255 e. The molecule has 3 aromatic rings. The Morgan fingerprint density at radius 2 is 1.75 bits per heavy atom. The summed E-state index contributed by atoms with van der Waals surface area (Å²) in [5.41, 5.74) is 2.11. The zero-order valence-electron chi connectivity index (χ0n) is 15.5. The number of hydrogen-bond acceptors (Lipinski definition) is 3. The van der Waals surface area contributed by atoms with Gasteiger partial charge in [-0.15, -0.1) is 0 Å². The van der Waals surface area contributed by atoms with E-state index in [-0.39, 0.29) is 18.3 Å². The molecule has 0 aliphatic carbocycles. The van der Waals surface area contributed by atoms with Crippen LogP contribution in [0.2, 0.25) is 0 Å². The van der Waals surface area contributed by atoms with Crippen molar-refractivity contribution in [2.75, 3.05) is 13.1 Å². The van der Waals surface area contributed by atoms with Crippen LogP contribution in [0.1, 0.15) is 23.7 Å². The predicted octanol–water partition coefficient (Wildman–Crippen LogP) is 2.93. The van der Waals surface area contributed by atoms with Crippen LogP contribution in [-0.4, -0.2) is 34.7 Å². The number of aromatic nitrogens is 2. The van der Waals surface area contributed by atoms with Crippen molar-refractivity contribution in [2.45, 2.75) is 13.3 Å². The van der Waals surface area contributed by atoms with Gasteiger partial charge in [-0.25, -0.2) is 9.07 Å². The van der Waals surface area contributed by atoms with Gasteiger partial charge in [0.2, 0.25) is 5.91 Å². The number of nitrogens with one attached hydrogen (secondary N) is 2. The fourth-order valence-corrected chi connectivity index (χ4v) is 2.66. The van der Waals surface area contributed by atoms with Crippen molar-refractivity contribution in [3.05, 3.63) is 72.2 Å². The van der Waals surface area contributed by atoms with E-state index < -0.39 is 5.91 Å². The van der Waals surface area contributed by atoms with Crippen molar-refractivity contribution in [1.82, 2.24) is 20.4 Å². The van der Waals surface area contributed by atoms with Crippen LogP contribution in [-0.2, 0) is 4.79 Å². The summed E-state index contributed by atoms with van der Waals surface area (Å²) in [6.45, 7) is 2.38. The first-order valence-electron chi connectivity index (χ1n) is 9.04. The molecule has 2 aromatic carbocycles. The molecule has 7 heteroatoms. The monoisotopic (exact) mass is 380 g/mol. The number of hydrogen-bond donors (Lipinski definition) is 2. The SMILES string of the molecule is CCCNC(=O)CNC(=O)c1cn(-c2ccccc2)nc1-c1ccc(F)cc1. The van der Waals surface area contributed by atoms with E-state index in [1.165, 1.54) is 12.1 Å². The van der Waals surface area contributed by atoms with Crippen molar-refractivity contribution in [1.29, 1.82) is 0 Å². The summed E-state index contributed by atoms with van der Waals surface area (Å²) in [6.07, 6.45) is 2.42. The zero-order valence-corrected chi connectivity index (χ0v) is 15.5. The maximum absolute atomic E-state index is 13.3. The van der Waals surface area contributed by atoms with Gasteiger partial charge in [0.25, 0.3) is 5.91 Å². The third kappa shape index (κ3) is 4.62. The molecule has 1 heterocycles. The Labute approximate surface area is 162 Å². The Hall–Kier alpha value is -3.48. The number of halogens is 1. The number of carbonyl (C=O) groups excluding carboxylic acids is 2. The molecule has 3 rings (SSSR count). The van der Waals surface area contributed by atoms with E-state index in [2.05, 4.69) is 15.7 Å². The Balaban J connectivity index is 1.89. The fourth-order valence-electron chi connectivity index (χ4n) is 2.66. The van der Waals surface area contributed by atoms with Crippen LogP contribution in [0.5, 0.6) is 0 Å². The molecule has 2 N–H and O–H groups in total. The lowest BCUT2D eigenvalue weighted by molar-refractivity contribution is -0.120. The molecular formula is C21H21FN4O2. The molecule has 0 atom stereocenters. The maximum atomic E-state index is 13.3. The molecule has 0 fully saturated rings. The minimum atomic E-state index is -0.423. The van der Waals surface area contributed by atoms with Gasteiger partial charge in [-0.2, -0.15) is 5.10 Å². The zero-order chi connectivity index (χ0) is 19.9. The van der Waals surface area contributed by atoms with Crippen LogP contribution in [0.15, 0.2) is 60.8 Å². The molecule has 0 bridgehead atoms. The molecule has 0 radical (unpaired) electrons. The summed E-state index contributed by atoms with van der Waals surface area (Å²) < 4.78 is 14.9. The minimum absolute atomic E-state index is 0.127. The van der Waals surface area contributed by atoms with Gasteiger partial charge in [0.05, 0.1) is 17.8 Å². The van der Waals surface area contributed by atoms with E-state index in [4.69, 9.17) is 0 Å². The highest BCUT2D eigenvalue weighted by Gasteiger charge is 2.19. The Bertz CT molecular complexity index is 952. The number of benzene rings is 2. The van der Waals surface area contributed by atoms with Gasteiger partial charge in [-0.3, -0.25) is 9.59 Å². The molecule has 0 unspecified atom stereocenters. The van der Waals surface area contributed by atoms with Gasteiger partial charge in [0, 0.05) is 18.3 Å². The Morgan fingerprint density at radius 3 is 2.43 bits per heavy atom. The molecule has 0 saturated carbocycles. The summed E-state index contributed by atoms with van der Waals surface area (Å²) in [6, 6.07) is 15.1. The van der Waals surface area contributed by atoms with Crippen molar-refractivity contribution in [3.63, 3.8) is 0 Å². The first kappa shape index (κ1) is 19.3. The van der Waals surface area contributed by atoms with Crippen LogP contribution in [0.3, 0.4) is 0 Å². The summed E-state index contributed by atoms with van der Waals surface area (Å²) in [7, 11) is 0. The number of nitrogens with zero attached hydrogens (tertiary/aromatic N) is 2. The lowest BCUT2D eigenvalue weighted by Crippen LogP contribution is -2.37. The predicted molar refractivity (Wildman–Crippen MR) is 105 cm³/mol. The van der Waals surface area contributed by atoms with Gasteiger partial charge < -0.3 is 10.6 Å². The molecule has 0 aliphatic heterocycles. The molecule has 0 saturated heterocycles. The topological polar surface area (TPSA) is 76.0 Å². The number of carbonyl (C=O) groups is 2. The largest absolute Gasteiger partial charge is 0.355 e. The first-order chi connectivity index (χ1) is 13.6. The van der Waals surface area contributed by atoms with E-state index in [9.17, 15) is 14.0 Å². The molecule has 144 valence electrons.